The average molecular weight is 465 g/mol. The van der Waals surface area contributed by atoms with Crippen LogP contribution in [0.4, 0.5) is 27.6 Å². The number of nitrogens with two attached hydrogens (primary N) is 1. The van der Waals surface area contributed by atoms with Crippen LogP contribution in [0.3, 0.4) is 0 Å². The van der Waals surface area contributed by atoms with Gasteiger partial charge < -0.3 is 20.5 Å². The van der Waals surface area contributed by atoms with Crippen molar-refractivity contribution in [1.29, 1.82) is 0 Å². The lowest BCUT2D eigenvalue weighted by Crippen LogP contribution is -2.29. The fraction of sp³-hybridized carbons (Fsp3) is 0.158. The average Bonchev–Trinajstić information content (AvgIpc) is 2.72. The first-order valence-corrected chi connectivity index (χ1v) is 8.74. The first-order valence-electron chi connectivity index (χ1n) is 8.36. The number of ether oxygens (including phenoxy) is 2. The summed E-state index contributed by atoms with van der Waals surface area (Å²) in [4.78, 5) is 23.9. The van der Waals surface area contributed by atoms with Crippen molar-refractivity contribution >= 4 is 29.2 Å². The molecule has 1 amide bonds. The van der Waals surface area contributed by atoms with E-state index in [1.165, 1.54) is 12.1 Å². The maximum atomic E-state index is 13.0. The number of carbonyl (C=O) groups excluding carboxylic acids is 2. The molecule has 166 valence electrons. The Morgan fingerprint density at radius 1 is 1.13 bits per heavy atom. The van der Waals surface area contributed by atoms with E-state index >= 15 is 0 Å². The lowest BCUT2D eigenvalue weighted by atomic mass is 10.1. The van der Waals surface area contributed by atoms with E-state index in [9.17, 15) is 31.5 Å². The zero-order chi connectivity index (χ0) is 23.2. The van der Waals surface area contributed by atoms with E-state index in [0.29, 0.717) is 0 Å². The van der Waals surface area contributed by atoms with Gasteiger partial charge in [-0.25, -0.2) is 13.6 Å². The lowest BCUT2D eigenvalue weighted by Gasteiger charge is -2.16. The molecule has 31 heavy (non-hydrogen) atoms. The molecule has 2 rings (SSSR count). The first-order chi connectivity index (χ1) is 14.6. The Morgan fingerprint density at radius 2 is 1.77 bits per heavy atom. The summed E-state index contributed by atoms with van der Waals surface area (Å²) in [6.07, 6.45) is -5.20. The SMILES string of the molecule is NC/C(=C/F)COc1ccc(C(=O)Nc2ccc(F)cc2)c(OC(=O)C(F)(F)F)c1Cl. The van der Waals surface area contributed by atoms with Gasteiger partial charge in [0.15, 0.2) is 5.75 Å². The van der Waals surface area contributed by atoms with Crippen molar-refractivity contribution in [3.05, 3.63) is 64.7 Å². The minimum absolute atomic E-state index is 0.00281. The molecule has 0 aliphatic rings. The fourth-order valence-corrected chi connectivity index (χ4v) is 2.37. The van der Waals surface area contributed by atoms with Crippen LogP contribution in [0, 0.1) is 5.82 Å². The molecule has 0 aliphatic carbocycles. The number of hydrogen-bond donors (Lipinski definition) is 2. The summed E-state index contributed by atoms with van der Waals surface area (Å²) in [5.41, 5.74) is 4.85. The fourth-order valence-electron chi connectivity index (χ4n) is 2.12. The Labute approximate surface area is 177 Å². The van der Waals surface area contributed by atoms with Crippen molar-refractivity contribution in [3.63, 3.8) is 0 Å². The van der Waals surface area contributed by atoms with Gasteiger partial charge in [-0.3, -0.25) is 4.79 Å². The Bertz CT molecular complexity index is 994. The third kappa shape index (κ3) is 6.40. The Hall–Kier alpha value is -3.18. The van der Waals surface area contributed by atoms with Crippen LogP contribution < -0.4 is 20.5 Å². The van der Waals surface area contributed by atoms with Gasteiger partial charge in [0.25, 0.3) is 5.91 Å². The summed E-state index contributed by atoms with van der Waals surface area (Å²) in [5.74, 6) is -5.44. The summed E-state index contributed by atoms with van der Waals surface area (Å²) in [7, 11) is 0. The number of nitrogens with one attached hydrogen (secondary N) is 1. The van der Waals surface area contributed by atoms with Gasteiger partial charge in [0.05, 0.1) is 11.9 Å². The second-order valence-corrected chi connectivity index (χ2v) is 6.24. The van der Waals surface area contributed by atoms with Crippen LogP contribution in [0.25, 0.3) is 0 Å². The number of anilines is 1. The van der Waals surface area contributed by atoms with Crippen LogP contribution in [0.1, 0.15) is 10.4 Å². The monoisotopic (exact) mass is 464 g/mol. The van der Waals surface area contributed by atoms with Crippen molar-refractivity contribution in [2.24, 2.45) is 5.73 Å². The van der Waals surface area contributed by atoms with Crippen molar-refractivity contribution < 1.29 is 41.0 Å². The summed E-state index contributed by atoms with van der Waals surface area (Å²) >= 11 is 6.00. The van der Waals surface area contributed by atoms with Gasteiger partial charge in [0.1, 0.15) is 23.2 Å². The maximum Gasteiger partial charge on any atom is 0.491 e. The highest BCUT2D eigenvalue weighted by Gasteiger charge is 2.42. The van der Waals surface area contributed by atoms with Crippen LogP contribution in [0.15, 0.2) is 48.3 Å². The normalized spacial score (nSPS) is 11.8. The highest BCUT2D eigenvalue weighted by Crippen LogP contribution is 2.39. The smallest absolute Gasteiger partial charge is 0.487 e. The zero-order valence-corrected chi connectivity index (χ0v) is 16.2. The van der Waals surface area contributed by atoms with Gasteiger partial charge in [-0.2, -0.15) is 13.2 Å². The topological polar surface area (TPSA) is 90.7 Å². The number of carbonyl (C=O) groups is 2. The van der Waals surface area contributed by atoms with E-state index in [1.54, 1.807) is 0 Å². The standard InChI is InChI=1S/C19H14ClF5N2O4/c20-15-14(30-9-10(7-21)8-26)6-5-13(16(15)31-18(29)19(23,24)25)17(28)27-12-3-1-11(22)2-4-12/h1-7H,8-9,26H2,(H,27,28)/b10-7-. The molecule has 0 unspecified atom stereocenters. The summed E-state index contributed by atoms with van der Waals surface area (Å²) in [6, 6.07) is 6.57. The minimum atomic E-state index is -5.38. The van der Waals surface area contributed by atoms with Crippen molar-refractivity contribution in [2.75, 3.05) is 18.5 Å². The molecule has 0 saturated heterocycles. The van der Waals surface area contributed by atoms with Crippen molar-refractivity contribution in [1.82, 2.24) is 0 Å². The summed E-state index contributed by atoms with van der Waals surface area (Å²) in [6.45, 7) is -0.608. The van der Waals surface area contributed by atoms with Crippen LogP contribution in [-0.2, 0) is 4.79 Å². The maximum absolute atomic E-state index is 13.0. The van der Waals surface area contributed by atoms with E-state index in [-0.39, 0.29) is 29.9 Å². The van der Waals surface area contributed by atoms with E-state index in [4.69, 9.17) is 22.1 Å². The second-order valence-electron chi connectivity index (χ2n) is 5.86. The molecule has 0 atom stereocenters. The molecule has 6 nitrogen and oxygen atoms in total. The molecule has 0 saturated carbocycles. The molecule has 0 radical (unpaired) electrons. The predicted molar refractivity (Wildman–Crippen MR) is 101 cm³/mol. The van der Waals surface area contributed by atoms with Crippen LogP contribution in [0.5, 0.6) is 11.5 Å². The van der Waals surface area contributed by atoms with Crippen molar-refractivity contribution in [2.45, 2.75) is 6.18 Å². The predicted octanol–water partition coefficient (Wildman–Crippen LogP) is 4.39. The van der Waals surface area contributed by atoms with E-state index < -0.39 is 46.8 Å². The molecule has 0 bridgehead atoms. The quantitative estimate of drug-likeness (QED) is 0.360. The molecule has 12 heteroatoms. The summed E-state index contributed by atoms with van der Waals surface area (Å²) in [5, 5.41) is 1.66. The molecule has 0 aromatic heterocycles. The number of rotatable bonds is 7. The highest BCUT2D eigenvalue weighted by atomic mass is 35.5. The van der Waals surface area contributed by atoms with Gasteiger partial charge in [-0.05, 0) is 36.4 Å². The molecular weight excluding hydrogens is 451 g/mol. The molecule has 2 aromatic carbocycles. The number of benzene rings is 2. The lowest BCUT2D eigenvalue weighted by molar-refractivity contribution is -0.189. The molecule has 0 aliphatic heterocycles. The first kappa shape index (κ1) is 24.1. The molecule has 2 aromatic rings. The van der Waals surface area contributed by atoms with Gasteiger partial charge in [-0.1, -0.05) is 11.6 Å². The van der Waals surface area contributed by atoms with Crippen LogP contribution in [-0.4, -0.2) is 31.2 Å². The largest absolute Gasteiger partial charge is 0.491 e. The third-order valence-electron chi connectivity index (χ3n) is 3.66. The van der Waals surface area contributed by atoms with Gasteiger partial charge in [0, 0.05) is 17.8 Å². The number of alkyl halides is 3. The molecular formula is C19H14ClF5N2O4. The van der Waals surface area contributed by atoms with Gasteiger partial charge in [-0.15, -0.1) is 0 Å². The van der Waals surface area contributed by atoms with Gasteiger partial charge >= 0.3 is 12.1 Å². The number of amides is 1. The molecule has 3 N–H and O–H groups in total. The summed E-state index contributed by atoms with van der Waals surface area (Å²) < 4.78 is 73.2. The third-order valence-corrected chi connectivity index (χ3v) is 4.02. The van der Waals surface area contributed by atoms with Gasteiger partial charge in [0.2, 0.25) is 0 Å². The Balaban J connectivity index is 2.40. The molecule has 0 spiro atoms. The van der Waals surface area contributed by atoms with Crippen molar-refractivity contribution in [3.8, 4) is 11.5 Å². The van der Waals surface area contributed by atoms with E-state index in [1.807, 2.05) is 0 Å². The highest BCUT2D eigenvalue weighted by molar-refractivity contribution is 6.34. The molecule has 0 fully saturated rings. The van der Waals surface area contributed by atoms with Crippen LogP contribution >= 0.6 is 11.6 Å². The number of hydrogen-bond acceptors (Lipinski definition) is 5. The van der Waals surface area contributed by atoms with E-state index in [0.717, 1.165) is 24.3 Å². The minimum Gasteiger partial charge on any atom is -0.487 e. The van der Waals surface area contributed by atoms with Crippen LogP contribution in [0.2, 0.25) is 5.02 Å². The van der Waals surface area contributed by atoms with E-state index in [2.05, 4.69) is 10.1 Å². The second kappa shape index (κ2) is 10.2. The Kier molecular flexibility index (Phi) is 7.95. The Morgan fingerprint density at radius 3 is 2.32 bits per heavy atom. The number of esters is 1. The molecule has 0 heterocycles. The zero-order valence-electron chi connectivity index (χ0n) is 15.4. The number of halogens is 6.